The Kier molecular flexibility index (Phi) is 188. The quantitative estimate of drug-likeness (QED) is 0.136. The smallest absolute Gasteiger partial charge is 0.178 e. The second-order valence-electron chi connectivity index (χ2n) is 4.83. The third kappa shape index (κ3) is 49.3. The third-order valence-electron chi connectivity index (χ3n) is 3.07. The molecule has 0 saturated carbocycles. The fourth-order valence-electron chi connectivity index (χ4n) is 1.68. The monoisotopic (exact) mass is 928 g/mol. The minimum absolute atomic E-state index is 0. The van der Waals surface area contributed by atoms with E-state index in [9.17, 15) is 0 Å². The molecule has 0 fully saturated rings. The molecule has 252 valence electrons. The average Bonchev–Trinajstić information content (AvgIpc) is 2.55. The predicted octanol–water partition coefficient (Wildman–Crippen LogP) is -8.96. The van der Waals surface area contributed by atoms with Gasteiger partial charge in [0.05, 0.1) is 0 Å². The zero-order valence-electron chi connectivity index (χ0n) is 21.1. The van der Waals surface area contributed by atoms with E-state index in [1.807, 2.05) is 0 Å². The van der Waals surface area contributed by atoms with Gasteiger partial charge in [-0.25, -0.2) is 0 Å². The van der Waals surface area contributed by atoms with Crippen LogP contribution in [0, 0.1) is 0 Å². The second kappa shape index (κ2) is 65.9. The first-order valence-electron chi connectivity index (χ1n) is 6.86. The zero-order valence-corrected chi connectivity index (χ0v) is 32.3. The second-order valence-corrected chi connectivity index (χ2v) is 4.83. The van der Waals surface area contributed by atoms with Crippen molar-refractivity contribution in [1.82, 2.24) is 0 Å². The van der Waals surface area contributed by atoms with Gasteiger partial charge >= 0.3 is 0 Å². The summed E-state index contributed by atoms with van der Waals surface area (Å²) in [5, 5.41) is 69.5. The number of hydrogen-bond donors (Lipinski definition) is 8. The van der Waals surface area contributed by atoms with Crippen molar-refractivity contribution in [3.63, 3.8) is 0 Å². The van der Waals surface area contributed by atoms with E-state index >= 15 is 0 Å². The summed E-state index contributed by atoms with van der Waals surface area (Å²) in [6.45, 7) is 0. The molecule has 0 aliphatic carbocycles. The van der Waals surface area contributed by atoms with Crippen LogP contribution in [0.3, 0.4) is 0 Å². The van der Waals surface area contributed by atoms with Crippen LogP contribution in [0.25, 0.3) is 0 Å². The van der Waals surface area contributed by atoms with Crippen molar-refractivity contribution < 1.29 is 244 Å². The minimum Gasteiger partial charge on any atom is -0.412 e. The van der Waals surface area contributed by atoms with Crippen LogP contribution in [0.15, 0.2) is 48.5 Å². The van der Waals surface area contributed by atoms with E-state index in [-0.39, 0.29) is 203 Å². The van der Waals surface area contributed by atoms with Gasteiger partial charge in [-0.1, -0.05) is 48.5 Å². The van der Waals surface area contributed by atoms with E-state index in [0.717, 1.165) is 0 Å². The van der Waals surface area contributed by atoms with Crippen LogP contribution in [-0.4, -0.2) is 95.6 Å². The Bertz CT molecular complexity index is 522. The summed E-state index contributed by atoms with van der Waals surface area (Å²) in [4.78, 5) is 0. The topological polar surface area (TPSA) is 477 Å². The van der Waals surface area contributed by atoms with Crippen molar-refractivity contribution >= 4 is 0 Å². The molecule has 0 unspecified atom stereocenters. The van der Waals surface area contributed by atoms with E-state index in [1.165, 1.54) is 48.5 Å². The van der Waals surface area contributed by atoms with E-state index in [4.69, 9.17) is 40.9 Å². The molecule has 18 nitrogen and oxygen atoms in total. The van der Waals surface area contributed by atoms with E-state index in [1.54, 1.807) is 0 Å². The maximum Gasteiger partial charge on any atom is 0.178 e. The van der Waals surface area contributed by atoms with Crippen LogP contribution in [-0.2, 0) is 148 Å². The Hall–Kier alpha value is 2.40. The Morgan fingerprint density at radius 1 is 0.238 bits per heavy atom. The van der Waals surface area contributed by atoms with Crippen molar-refractivity contribution in [1.29, 1.82) is 0 Å². The van der Waals surface area contributed by atoms with Gasteiger partial charge in [-0.3, -0.25) is 0 Å². The molecule has 0 spiro atoms. The van der Waals surface area contributed by atoms with Crippen LogP contribution >= 0.6 is 0 Å². The van der Waals surface area contributed by atoms with E-state index in [2.05, 4.69) is 0 Å². The zero-order chi connectivity index (χ0) is 18.3. The molecule has 26 heteroatoms. The van der Waals surface area contributed by atoms with Crippen LogP contribution in [0.1, 0.15) is 47.4 Å². The summed E-state index contributed by atoms with van der Waals surface area (Å²) in [7, 11) is 0. The molecule has 8 radical (unpaired) electrons. The number of rotatable bonds is 4. The first-order chi connectivity index (χ1) is 11.2. The summed E-state index contributed by atoms with van der Waals surface area (Å²) in [5.74, 6) is 0. The van der Waals surface area contributed by atoms with Gasteiger partial charge in [0.25, 0.3) is 0 Å². The van der Waals surface area contributed by atoms with Gasteiger partial charge in [0, 0.05) is 171 Å². The van der Waals surface area contributed by atoms with Crippen molar-refractivity contribution in [2.45, 2.75) is 25.2 Å². The molecule has 42 heavy (non-hydrogen) atoms. The molecule has 28 N–H and O–H groups in total. The molecule has 0 bridgehead atoms. The molecule has 2 aromatic carbocycles. The van der Waals surface area contributed by atoms with Gasteiger partial charge in [0.15, 0.2) is 25.2 Å². The van der Waals surface area contributed by atoms with Crippen molar-refractivity contribution in [2.24, 2.45) is 0 Å². The summed E-state index contributed by atoms with van der Waals surface area (Å²) < 4.78 is 0. The molecule has 0 atom stereocenters. The van der Waals surface area contributed by atoms with Crippen LogP contribution < -0.4 is 0 Å². The summed E-state index contributed by atoms with van der Waals surface area (Å²) in [5.41, 5.74) is 1.28. The maximum atomic E-state index is 8.68. The van der Waals surface area contributed by atoms with E-state index in [0.29, 0.717) is 22.3 Å². The molecule has 0 heterocycles. The largest absolute Gasteiger partial charge is 0.412 e. The van der Waals surface area contributed by atoms with Crippen LogP contribution in [0.2, 0.25) is 0 Å². The summed E-state index contributed by atoms with van der Waals surface area (Å²) in [6, 6.07) is 11.3. The Labute approximate surface area is 336 Å². The van der Waals surface area contributed by atoms with E-state index < -0.39 is 25.2 Å². The summed E-state index contributed by atoms with van der Waals surface area (Å²) >= 11 is 0. The number of aliphatic hydroxyl groups excluding tert-OH is 4. The molecular weight excluding hydrogens is 888 g/mol. The Morgan fingerprint density at radius 2 is 0.310 bits per heavy atom. The Morgan fingerprint density at radius 3 is 0.357 bits per heavy atom. The first-order valence-corrected chi connectivity index (χ1v) is 6.86. The van der Waals surface area contributed by atoms with Crippen molar-refractivity contribution in [2.75, 3.05) is 0 Å². The molecular formula is C16H40O18V8. The van der Waals surface area contributed by atoms with Crippen molar-refractivity contribution in [3.8, 4) is 0 Å². The molecule has 0 aromatic heterocycles. The predicted molar refractivity (Wildman–Crippen MR) is 118 cm³/mol. The molecule has 0 saturated heterocycles. The third-order valence-corrected chi connectivity index (χ3v) is 3.07. The van der Waals surface area contributed by atoms with Gasteiger partial charge < -0.3 is 95.6 Å². The normalized spacial score (nSPS) is 6.38. The SMILES string of the molecule is O.O.O.O.O.O.O.O.O.O.OC(O)c1ccc(C(O)O)cc1.OC(O)c1ccc(C(O)O)cc1.[V].[V].[V].[V].[V].[V].[V].[V]. The van der Waals surface area contributed by atoms with Gasteiger partial charge in [0.1, 0.15) is 0 Å². The standard InChI is InChI=1S/2C8H10O4.10H2O.8V/c2*9-7(10)5-1-2-6(4-3-5)8(11)12;;;;;;;;;;;;;;;;;;/h2*1-4,7-12H;10*1H2;;;;;;;;. The average molecular weight is 928 g/mol. The Balaban J connectivity index is -0.0000000120. The fraction of sp³-hybridized carbons (Fsp3) is 0.250. The van der Waals surface area contributed by atoms with Crippen LogP contribution in [0.4, 0.5) is 0 Å². The van der Waals surface area contributed by atoms with Gasteiger partial charge in [-0.15, -0.1) is 0 Å². The molecule has 0 aliphatic rings. The number of hydrogen-bond acceptors (Lipinski definition) is 8. The van der Waals surface area contributed by atoms with Gasteiger partial charge in [-0.05, 0) is 0 Å². The summed E-state index contributed by atoms with van der Waals surface area (Å²) in [6.07, 6.45) is -6.07. The maximum absolute atomic E-state index is 8.68. The van der Waals surface area contributed by atoms with Crippen molar-refractivity contribution in [3.05, 3.63) is 70.8 Å². The van der Waals surface area contributed by atoms with Gasteiger partial charge in [0.2, 0.25) is 0 Å². The molecule has 2 rings (SSSR count). The minimum atomic E-state index is -1.52. The van der Waals surface area contributed by atoms with Crippen LogP contribution in [0.5, 0.6) is 0 Å². The molecule has 0 amide bonds. The first kappa shape index (κ1) is 120. The fourth-order valence-corrected chi connectivity index (χ4v) is 1.68. The molecule has 0 aliphatic heterocycles. The number of aliphatic hydroxyl groups is 8. The molecule has 2 aromatic rings. The van der Waals surface area contributed by atoms with Gasteiger partial charge in [-0.2, -0.15) is 0 Å². The number of benzene rings is 2.